The van der Waals surface area contributed by atoms with Crippen LogP contribution in [0.5, 0.6) is 0 Å². The van der Waals surface area contributed by atoms with E-state index in [-0.39, 0.29) is 10.8 Å². The quantitative estimate of drug-likeness (QED) is 0.884. The van der Waals surface area contributed by atoms with Gasteiger partial charge in [-0.3, -0.25) is 0 Å². The van der Waals surface area contributed by atoms with Crippen molar-refractivity contribution < 1.29 is 8.42 Å². The molecule has 0 heterocycles. The number of benzene rings is 1. The van der Waals surface area contributed by atoms with Crippen LogP contribution < -0.4 is 5.14 Å². The lowest BCUT2D eigenvalue weighted by atomic mass is 9.97. The van der Waals surface area contributed by atoms with Gasteiger partial charge in [-0.25, -0.2) is 13.6 Å². The lowest BCUT2D eigenvalue weighted by Crippen LogP contribution is -2.15. The van der Waals surface area contributed by atoms with Gasteiger partial charge in [0.2, 0.25) is 10.0 Å². The zero-order valence-electron chi connectivity index (χ0n) is 10.2. The summed E-state index contributed by atoms with van der Waals surface area (Å²) in [5, 5.41) is 5.24. The molecule has 0 atom stereocenters. The Kier molecular flexibility index (Phi) is 3.76. The monoisotopic (exact) mass is 241 g/mol. The van der Waals surface area contributed by atoms with Gasteiger partial charge in [0, 0.05) is 0 Å². The molecule has 0 saturated heterocycles. The molecule has 16 heavy (non-hydrogen) atoms. The molecule has 1 rings (SSSR count). The molecular formula is C12H19NO2S. The van der Waals surface area contributed by atoms with E-state index in [0.717, 1.165) is 11.1 Å². The second kappa shape index (κ2) is 4.55. The first-order valence-corrected chi connectivity index (χ1v) is 6.94. The number of primary sulfonamides is 1. The smallest absolute Gasteiger partial charge is 0.225 e. The Morgan fingerprint density at radius 3 is 2.00 bits per heavy atom. The first-order valence-electron chi connectivity index (χ1n) is 5.40. The van der Waals surface area contributed by atoms with Gasteiger partial charge < -0.3 is 0 Å². The van der Waals surface area contributed by atoms with Gasteiger partial charge in [-0.15, -0.1) is 0 Å². The van der Waals surface area contributed by atoms with E-state index >= 15 is 0 Å². The third kappa shape index (κ3) is 2.83. The average Bonchev–Trinajstić information content (AvgIpc) is 2.15. The van der Waals surface area contributed by atoms with Gasteiger partial charge in [-0.1, -0.05) is 39.8 Å². The minimum Gasteiger partial charge on any atom is -0.225 e. The molecule has 2 N–H and O–H groups in total. The summed E-state index contributed by atoms with van der Waals surface area (Å²) in [7, 11) is -3.63. The Balaban J connectivity index is 3.45. The van der Waals surface area contributed by atoms with Crippen LogP contribution in [0, 0.1) is 0 Å². The maximum absolute atomic E-state index is 11.5. The summed E-state index contributed by atoms with van der Waals surface area (Å²) in [4.78, 5) is 0.258. The third-order valence-corrected chi connectivity index (χ3v) is 3.60. The molecule has 0 aliphatic carbocycles. The Morgan fingerprint density at radius 1 is 1.06 bits per heavy atom. The summed E-state index contributed by atoms with van der Waals surface area (Å²) in [6.45, 7) is 7.96. The van der Waals surface area contributed by atoms with Crippen LogP contribution in [0.1, 0.15) is 50.7 Å². The molecule has 1 aromatic carbocycles. The molecule has 0 amide bonds. The Bertz CT molecular complexity index is 476. The summed E-state index contributed by atoms with van der Waals surface area (Å²) < 4.78 is 23.0. The van der Waals surface area contributed by atoms with Crippen molar-refractivity contribution in [3.05, 3.63) is 29.3 Å². The summed E-state index contributed by atoms with van der Waals surface area (Å²) in [6.07, 6.45) is 0. The average molecular weight is 241 g/mol. The molecule has 0 aliphatic heterocycles. The molecule has 4 heteroatoms. The zero-order valence-corrected chi connectivity index (χ0v) is 11.0. The molecule has 0 unspecified atom stereocenters. The fourth-order valence-electron chi connectivity index (χ4n) is 1.63. The summed E-state index contributed by atoms with van der Waals surface area (Å²) in [5.74, 6) is 0.441. The zero-order chi connectivity index (χ0) is 12.5. The maximum atomic E-state index is 11.5. The highest BCUT2D eigenvalue weighted by molar-refractivity contribution is 7.89. The number of rotatable bonds is 3. The molecule has 0 spiro atoms. The predicted octanol–water partition coefficient (Wildman–Crippen LogP) is 2.58. The Labute approximate surface area is 97.7 Å². The normalized spacial score (nSPS) is 12.4. The summed E-state index contributed by atoms with van der Waals surface area (Å²) in [6, 6.07) is 5.52. The van der Waals surface area contributed by atoms with Crippen LogP contribution in [0.15, 0.2) is 23.1 Å². The SMILES string of the molecule is CC(C)c1ccc(C(C)C)c(S(N)(=O)=O)c1. The fourth-order valence-corrected chi connectivity index (χ4v) is 2.57. The van der Waals surface area contributed by atoms with E-state index in [1.54, 1.807) is 6.07 Å². The summed E-state index contributed by atoms with van der Waals surface area (Å²) >= 11 is 0. The third-order valence-electron chi connectivity index (χ3n) is 2.63. The predicted molar refractivity (Wildman–Crippen MR) is 66.0 cm³/mol. The molecule has 0 bridgehead atoms. The van der Waals surface area contributed by atoms with E-state index in [4.69, 9.17) is 5.14 Å². The van der Waals surface area contributed by atoms with Gasteiger partial charge in [-0.2, -0.15) is 0 Å². The van der Waals surface area contributed by atoms with Crippen molar-refractivity contribution >= 4 is 10.0 Å². The van der Waals surface area contributed by atoms with E-state index in [0.29, 0.717) is 5.92 Å². The number of nitrogens with two attached hydrogens (primary N) is 1. The van der Waals surface area contributed by atoms with Crippen LogP contribution in [-0.4, -0.2) is 8.42 Å². The van der Waals surface area contributed by atoms with Crippen LogP contribution in [0.25, 0.3) is 0 Å². The van der Waals surface area contributed by atoms with Crippen LogP contribution >= 0.6 is 0 Å². The molecule has 0 aromatic heterocycles. The highest BCUT2D eigenvalue weighted by Crippen LogP contribution is 2.26. The molecule has 0 fully saturated rings. The van der Waals surface area contributed by atoms with E-state index in [1.807, 2.05) is 39.8 Å². The van der Waals surface area contributed by atoms with Crippen molar-refractivity contribution in [3.8, 4) is 0 Å². The van der Waals surface area contributed by atoms with Crippen molar-refractivity contribution in [2.45, 2.75) is 44.4 Å². The lowest BCUT2D eigenvalue weighted by Gasteiger charge is -2.14. The molecule has 1 aromatic rings. The van der Waals surface area contributed by atoms with Gasteiger partial charge in [0.25, 0.3) is 0 Å². The number of hydrogen-bond acceptors (Lipinski definition) is 2. The van der Waals surface area contributed by atoms with Gasteiger partial charge in [-0.05, 0) is 29.0 Å². The molecule has 0 aliphatic rings. The first-order chi connectivity index (χ1) is 7.23. The summed E-state index contributed by atoms with van der Waals surface area (Å²) in [5.41, 5.74) is 1.78. The standard InChI is InChI=1S/C12H19NO2S/c1-8(2)10-5-6-11(9(3)4)12(7-10)16(13,14)15/h5-9H,1-4H3,(H2,13,14,15). The van der Waals surface area contributed by atoms with Crippen molar-refractivity contribution in [1.82, 2.24) is 0 Å². The van der Waals surface area contributed by atoms with Gasteiger partial charge in [0.1, 0.15) is 0 Å². The molecule has 90 valence electrons. The molecule has 3 nitrogen and oxygen atoms in total. The van der Waals surface area contributed by atoms with Crippen molar-refractivity contribution in [1.29, 1.82) is 0 Å². The van der Waals surface area contributed by atoms with Crippen LogP contribution in [0.3, 0.4) is 0 Å². The highest BCUT2D eigenvalue weighted by atomic mass is 32.2. The van der Waals surface area contributed by atoms with Crippen molar-refractivity contribution in [2.24, 2.45) is 5.14 Å². The van der Waals surface area contributed by atoms with E-state index < -0.39 is 10.0 Å². The maximum Gasteiger partial charge on any atom is 0.238 e. The van der Waals surface area contributed by atoms with Gasteiger partial charge >= 0.3 is 0 Å². The minimum absolute atomic E-state index is 0.148. The molecule has 0 saturated carbocycles. The second-order valence-electron chi connectivity index (χ2n) is 4.65. The topological polar surface area (TPSA) is 60.2 Å². The number of sulfonamides is 1. The van der Waals surface area contributed by atoms with E-state index in [9.17, 15) is 8.42 Å². The van der Waals surface area contributed by atoms with Crippen LogP contribution in [0.2, 0.25) is 0 Å². The second-order valence-corrected chi connectivity index (χ2v) is 6.18. The lowest BCUT2D eigenvalue weighted by molar-refractivity contribution is 0.595. The molecular weight excluding hydrogens is 222 g/mol. The first kappa shape index (κ1) is 13.2. The van der Waals surface area contributed by atoms with E-state index in [2.05, 4.69) is 0 Å². The van der Waals surface area contributed by atoms with Gasteiger partial charge in [0.15, 0.2) is 0 Å². The van der Waals surface area contributed by atoms with E-state index in [1.165, 1.54) is 0 Å². The Morgan fingerprint density at radius 2 is 1.62 bits per heavy atom. The van der Waals surface area contributed by atoms with Crippen LogP contribution in [-0.2, 0) is 10.0 Å². The molecule has 0 radical (unpaired) electrons. The minimum atomic E-state index is -3.63. The highest BCUT2D eigenvalue weighted by Gasteiger charge is 2.17. The Hall–Kier alpha value is -0.870. The van der Waals surface area contributed by atoms with Crippen LogP contribution in [0.4, 0.5) is 0 Å². The number of hydrogen-bond donors (Lipinski definition) is 1. The van der Waals surface area contributed by atoms with Crippen molar-refractivity contribution in [2.75, 3.05) is 0 Å². The van der Waals surface area contributed by atoms with Gasteiger partial charge in [0.05, 0.1) is 4.90 Å². The fraction of sp³-hybridized carbons (Fsp3) is 0.500. The largest absolute Gasteiger partial charge is 0.238 e. The van der Waals surface area contributed by atoms with Crippen molar-refractivity contribution in [3.63, 3.8) is 0 Å².